The molecule has 0 aliphatic heterocycles. The van der Waals surface area contributed by atoms with Gasteiger partial charge in [-0.2, -0.15) is 0 Å². The van der Waals surface area contributed by atoms with Crippen molar-refractivity contribution >= 4 is 34.8 Å². The number of hydrogen-bond donors (Lipinski definition) is 4. The van der Waals surface area contributed by atoms with Crippen molar-refractivity contribution in [1.82, 2.24) is 0 Å². The van der Waals surface area contributed by atoms with Gasteiger partial charge in [0, 0.05) is 22.3 Å². The molecule has 0 unspecified atom stereocenters. The van der Waals surface area contributed by atoms with Crippen molar-refractivity contribution in [1.29, 1.82) is 0 Å². The largest absolute Gasteiger partial charge is 0.478 e. The van der Waals surface area contributed by atoms with Crippen molar-refractivity contribution in [3.05, 3.63) is 44.6 Å². The first kappa shape index (κ1) is 63.2. The lowest BCUT2D eigenvalue weighted by molar-refractivity contribution is -0.134. The number of aliphatic carboxylic acids is 4. The molecule has 336 valence electrons. The van der Waals surface area contributed by atoms with Crippen molar-refractivity contribution in [3.8, 4) is 0 Å². The first-order valence-electron chi connectivity index (χ1n) is 21.0. The maximum atomic E-state index is 11.1. The second kappa shape index (κ2) is 30.1. The fraction of sp³-hybridized carbons (Fsp3) is 0.750. The van der Waals surface area contributed by atoms with Crippen LogP contribution in [0.3, 0.4) is 0 Å². The molecule has 0 heterocycles. The van der Waals surface area contributed by atoms with Gasteiger partial charge in [0.15, 0.2) is 0 Å². The zero-order valence-corrected chi connectivity index (χ0v) is 40.4. The summed E-state index contributed by atoms with van der Waals surface area (Å²) in [4.78, 5) is 44.5. The summed E-state index contributed by atoms with van der Waals surface area (Å²) in [5.41, 5.74) is 6.68. The Hall–Kier alpha value is -2.94. The highest BCUT2D eigenvalue weighted by atomic mass is 28.1. The number of carboxylic acid groups (broad SMARTS) is 4. The smallest absolute Gasteiger partial charge is 0.331 e. The van der Waals surface area contributed by atoms with Crippen LogP contribution in [0.15, 0.2) is 44.6 Å². The van der Waals surface area contributed by atoms with Crippen LogP contribution in [-0.4, -0.2) is 55.3 Å². The molecule has 9 heteroatoms. The minimum absolute atomic E-state index is 0. The van der Waals surface area contributed by atoms with E-state index in [4.69, 9.17) is 20.4 Å². The Morgan fingerprint density at radius 2 is 0.316 bits per heavy atom. The number of rotatable bonds is 16. The lowest BCUT2D eigenvalue weighted by Gasteiger charge is -2.21. The highest BCUT2D eigenvalue weighted by molar-refractivity contribution is 5.89. The van der Waals surface area contributed by atoms with Gasteiger partial charge < -0.3 is 20.4 Å². The van der Waals surface area contributed by atoms with Crippen LogP contribution < -0.4 is 0 Å². The van der Waals surface area contributed by atoms with Gasteiger partial charge in [-0.15, -0.1) is 0 Å². The Balaban J connectivity index is -0.000000210. The highest BCUT2D eigenvalue weighted by Gasteiger charge is 2.25. The lowest BCUT2D eigenvalue weighted by Crippen LogP contribution is -2.16. The fourth-order valence-corrected chi connectivity index (χ4v) is 7.97. The van der Waals surface area contributed by atoms with Gasteiger partial charge in [-0.05, 0) is 82.0 Å². The molecule has 57 heavy (non-hydrogen) atoms. The van der Waals surface area contributed by atoms with Crippen LogP contribution in [0.2, 0.25) is 0 Å². The zero-order valence-electron chi connectivity index (χ0n) is 40.4. The van der Waals surface area contributed by atoms with Crippen LogP contribution in [0.25, 0.3) is 0 Å². The van der Waals surface area contributed by atoms with Gasteiger partial charge in [0.05, 0.1) is 0 Å². The number of carbonyl (C=O) groups is 4. The van der Waals surface area contributed by atoms with E-state index in [0.717, 1.165) is 22.3 Å². The molecule has 8 nitrogen and oxygen atoms in total. The first-order valence-corrected chi connectivity index (χ1v) is 21.0. The summed E-state index contributed by atoms with van der Waals surface area (Å²) in [6.07, 6.45) is 0. The number of carboxylic acids is 4. The molecule has 0 atom stereocenters. The summed E-state index contributed by atoms with van der Waals surface area (Å²) in [7, 11) is 0. The molecule has 0 saturated heterocycles. The fourth-order valence-electron chi connectivity index (χ4n) is 7.97. The Labute approximate surface area is 355 Å². The molecule has 0 spiro atoms. The average Bonchev–Trinajstić information content (AvgIpc) is 2.97. The second-order valence-corrected chi connectivity index (χ2v) is 18.6. The van der Waals surface area contributed by atoms with E-state index < -0.39 is 23.9 Å². The molecule has 0 bridgehead atoms. The van der Waals surface area contributed by atoms with Crippen molar-refractivity contribution in [3.63, 3.8) is 0 Å². The van der Waals surface area contributed by atoms with E-state index in [9.17, 15) is 19.2 Å². The Morgan fingerprint density at radius 1 is 0.228 bits per heavy atom. The minimum Gasteiger partial charge on any atom is -0.478 e. The summed E-state index contributed by atoms with van der Waals surface area (Å²) in [5.74, 6) is -0.234. The molecule has 0 radical (unpaired) electrons. The van der Waals surface area contributed by atoms with E-state index in [-0.39, 0.29) is 34.6 Å². The van der Waals surface area contributed by atoms with Crippen molar-refractivity contribution in [2.45, 2.75) is 166 Å². The monoisotopic (exact) mass is 825 g/mol. The Bertz CT molecular complexity index is 1110. The predicted molar refractivity (Wildman–Crippen MR) is 248 cm³/mol. The van der Waals surface area contributed by atoms with Crippen molar-refractivity contribution in [2.24, 2.45) is 71.0 Å². The zero-order chi connectivity index (χ0) is 45.9. The third-order valence-electron chi connectivity index (χ3n) is 9.45. The van der Waals surface area contributed by atoms with Gasteiger partial charge in [-0.25, -0.2) is 19.2 Å². The molecule has 0 aliphatic rings. The summed E-state index contributed by atoms with van der Waals surface area (Å²) in [5, 5.41) is 36.6. The second-order valence-electron chi connectivity index (χ2n) is 18.6. The lowest BCUT2D eigenvalue weighted by atomic mass is 9.84. The molecular weight excluding hydrogens is 733 g/mol. The first-order chi connectivity index (χ1) is 25.1. The van der Waals surface area contributed by atoms with Gasteiger partial charge in [0.2, 0.25) is 0 Å². The quantitative estimate of drug-likeness (QED) is 0.0888. The topological polar surface area (TPSA) is 149 Å². The molecule has 4 N–H and O–H groups in total. The van der Waals surface area contributed by atoms with Crippen molar-refractivity contribution in [2.75, 3.05) is 0 Å². The molecule has 0 aliphatic carbocycles. The molecule has 0 aromatic rings. The highest BCUT2D eigenvalue weighted by Crippen LogP contribution is 2.31. The van der Waals surface area contributed by atoms with Crippen LogP contribution >= 0.6 is 0 Å². The maximum Gasteiger partial charge on any atom is 0.331 e. The molecule has 0 aromatic carbocycles. The SMILES string of the molecule is CC(C)C(C(=O)O)=C(C(C)C)C(C)C.CC(C)C(C(=O)O)=C(C(C)C)C(C)C.CC(C)C(C(=O)O)=C(C(C)C)C(C)C.CC(C)C(C(=O)O)=C(C(C)C)C(C)C.[SiH4]. The van der Waals surface area contributed by atoms with E-state index in [1.807, 2.05) is 55.4 Å². The van der Waals surface area contributed by atoms with Gasteiger partial charge in [-0.3, -0.25) is 0 Å². The van der Waals surface area contributed by atoms with Crippen molar-refractivity contribution < 1.29 is 39.6 Å². The van der Waals surface area contributed by atoms with Crippen LogP contribution in [0.4, 0.5) is 0 Å². The number of allylic oxidation sites excluding steroid dienone is 4. The maximum absolute atomic E-state index is 11.1. The summed E-state index contributed by atoms with van der Waals surface area (Å²) in [6, 6.07) is 0. The Kier molecular flexibility index (Phi) is 33.4. The third-order valence-corrected chi connectivity index (χ3v) is 9.45. The summed E-state index contributed by atoms with van der Waals surface area (Å²) >= 11 is 0. The van der Waals surface area contributed by atoms with Gasteiger partial charge in [0.1, 0.15) is 0 Å². The molecule has 0 rings (SSSR count). The van der Waals surface area contributed by atoms with Gasteiger partial charge in [-0.1, -0.05) is 188 Å². The molecule has 0 aromatic heterocycles. The standard InChI is InChI=1S/4C12H22O2.H4Si/c4*1-7(2)10(8(3)4)11(9(5)6)12(13)14;/h4*7-9H,1-6H3,(H,13,14);1H4. The molecular formula is C48H92O8Si. The van der Waals surface area contributed by atoms with Crippen LogP contribution in [0, 0.1) is 71.0 Å². The molecule has 0 saturated carbocycles. The third kappa shape index (κ3) is 23.3. The minimum atomic E-state index is -0.766. The normalized spacial score (nSPS) is 11.0. The number of hydrogen-bond acceptors (Lipinski definition) is 4. The van der Waals surface area contributed by atoms with E-state index in [0.29, 0.717) is 69.6 Å². The molecule has 0 amide bonds. The van der Waals surface area contributed by atoms with Crippen LogP contribution in [-0.2, 0) is 19.2 Å². The van der Waals surface area contributed by atoms with E-state index in [1.54, 1.807) is 0 Å². The van der Waals surface area contributed by atoms with E-state index >= 15 is 0 Å². The van der Waals surface area contributed by atoms with E-state index in [1.165, 1.54) is 0 Å². The van der Waals surface area contributed by atoms with Crippen LogP contribution in [0.1, 0.15) is 166 Å². The van der Waals surface area contributed by atoms with E-state index in [2.05, 4.69) is 111 Å². The summed E-state index contributed by atoms with van der Waals surface area (Å²) < 4.78 is 0. The molecule has 0 fully saturated rings. The average molecular weight is 825 g/mol. The summed E-state index contributed by atoms with van der Waals surface area (Å²) in [6.45, 7) is 48.4. The van der Waals surface area contributed by atoms with Crippen LogP contribution in [0.5, 0.6) is 0 Å². The van der Waals surface area contributed by atoms with Gasteiger partial charge >= 0.3 is 23.9 Å². The van der Waals surface area contributed by atoms with Gasteiger partial charge in [0.25, 0.3) is 0 Å². The predicted octanol–water partition coefficient (Wildman–Crippen LogP) is 11.9. The Morgan fingerprint density at radius 3 is 0.333 bits per heavy atom.